The van der Waals surface area contributed by atoms with E-state index in [4.69, 9.17) is 17.0 Å². The van der Waals surface area contributed by atoms with E-state index < -0.39 is 0 Å². The highest BCUT2D eigenvalue weighted by molar-refractivity contribution is 8.23. The molecule has 0 radical (unpaired) electrons. The highest BCUT2D eigenvalue weighted by atomic mass is 32.2. The normalized spacial score (nSPS) is 18.8. The molecule has 1 aromatic carbocycles. The van der Waals surface area contributed by atoms with Gasteiger partial charge in [-0.1, -0.05) is 30.0 Å². The Kier molecular flexibility index (Phi) is 6.71. The van der Waals surface area contributed by atoms with Crippen LogP contribution in [0.4, 0.5) is 5.13 Å². The van der Waals surface area contributed by atoms with Crippen LogP contribution >= 0.6 is 35.3 Å². The van der Waals surface area contributed by atoms with E-state index in [1.807, 2.05) is 46.3 Å². The van der Waals surface area contributed by atoms with Gasteiger partial charge in [-0.3, -0.25) is 9.59 Å². The van der Waals surface area contributed by atoms with Crippen LogP contribution in [0.2, 0.25) is 0 Å². The van der Waals surface area contributed by atoms with Gasteiger partial charge < -0.3 is 19.5 Å². The lowest BCUT2D eigenvalue weighted by molar-refractivity contribution is -0.113. The van der Waals surface area contributed by atoms with Crippen molar-refractivity contribution >= 4 is 50.7 Å². The monoisotopic (exact) mass is 512 g/mol. The SMILES string of the molecule is COc1ccc(-c2csc(NC(=O)CSC(=S)N3C[C@H]4C[C@H](C3)c3cccc(=O)n3C4)n2)cc1. The quantitative estimate of drug-likeness (QED) is 0.517. The number of nitrogens with one attached hydrogen (secondary N) is 1. The van der Waals surface area contributed by atoms with Gasteiger partial charge in [-0.25, -0.2) is 4.98 Å². The average molecular weight is 513 g/mol. The first-order chi connectivity index (χ1) is 16.5. The molecule has 0 aliphatic carbocycles. The summed E-state index contributed by atoms with van der Waals surface area (Å²) in [6.45, 7) is 2.34. The Morgan fingerprint density at radius 1 is 1.24 bits per heavy atom. The van der Waals surface area contributed by atoms with Crippen molar-refractivity contribution < 1.29 is 9.53 Å². The predicted octanol–water partition coefficient (Wildman–Crippen LogP) is 4.06. The van der Waals surface area contributed by atoms with Crippen LogP contribution in [0.1, 0.15) is 18.0 Å². The predicted molar refractivity (Wildman–Crippen MR) is 141 cm³/mol. The molecule has 1 amide bonds. The lowest BCUT2D eigenvalue weighted by Gasteiger charge is -2.43. The number of amides is 1. The smallest absolute Gasteiger partial charge is 0.250 e. The van der Waals surface area contributed by atoms with E-state index in [1.54, 1.807) is 13.2 Å². The number of hydrogen-bond acceptors (Lipinski definition) is 7. The number of rotatable bonds is 5. The second-order valence-corrected chi connectivity index (χ2v) is 10.9. The standard InChI is InChI=1S/C24H24N4O3S3/c1-31-18-7-5-16(6-8-18)19-13-33-23(25-19)26-21(29)14-34-24(32)27-10-15-9-17(12-27)20-3-2-4-22(30)28(20)11-15/h2-8,13,15,17H,9-12,14H2,1H3,(H,25,26,29)/t15-,17-/m1/s1. The average Bonchev–Trinajstić information content (AvgIpc) is 3.31. The molecule has 7 nitrogen and oxygen atoms in total. The molecule has 2 atom stereocenters. The molecule has 0 spiro atoms. The molecule has 34 heavy (non-hydrogen) atoms. The third kappa shape index (κ3) is 4.89. The molecule has 4 heterocycles. The number of thiazole rings is 1. The number of aromatic nitrogens is 2. The summed E-state index contributed by atoms with van der Waals surface area (Å²) in [6, 6.07) is 13.2. The number of nitrogens with zero attached hydrogens (tertiary/aromatic N) is 3. The number of benzene rings is 1. The summed E-state index contributed by atoms with van der Waals surface area (Å²) in [5.41, 5.74) is 2.94. The van der Waals surface area contributed by atoms with Crippen LogP contribution in [0.15, 0.2) is 52.6 Å². The van der Waals surface area contributed by atoms with Crippen molar-refractivity contribution in [1.82, 2.24) is 14.5 Å². The maximum absolute atomic E-state index is 12.5. The van der Waals surface area contributed by atoms with Crippen LogP contribution in [0.3, 0.4) is 0 Å². The van der Waals surface area contributed by atoms with Gasteiger partial charge in [-0.2, -0.15) is 0 Å². The molecule has 1 saturated heterocycles. The zero-order valence-electron chi connectivity index (χ0n) is 18.6. The minimum atomic E-state index is -0.128. The molecule has 2 aliphatic heterocycles. The number of anilines is 1. The molecule has 2 aliphatic rings. The van der Waals surface area contributed by atoms with E-state index in [1.165, 1.54) is 23.1 Å². The molecule has 3 aromatic rings. The van der Waals surface area contributed by atoms with Gasteiger partial charge in [0.1, 0.15) is 10.1 Å². The van der Waals surface area contributed by atoms with E-state index in [2.05, 4.69) is 15.2 Å². The number of methoxy groups -OCH3 is 1. The van der Waals surface area contributed by atoms with E-state index in [0.717, 1.165) is 53.1 Å². The Hall–Kier alpha value is -2.69. The molecule has 1 N–H and O–H groups in total. The molecule has 1 fully saturated rings. The maximum Gasteiger partial charge on any atom is 0.250 e. The fourth-order valence-electron chi connectivity index (χ4n) is 4.64. The first kappa shape index (κ1) is 23.1. The van der Waals surface area contributed by atoms with Crippen molar-refractivity contribution in [3.05, 3.63) is 63.9 Å². The number of thiocarbonyl (C=S) groups is 1. The minimum Gasteiger partial charge on any atom is -0.497 e. The van der Waals surface area contributed by atoms with Crippen LogP contribution < -0.4 is 15.6 Å². The molecule has 10 heteroatoms. The van der Waals surface area contributed by atoms with Gasteiger partial charge >= 0.3 is 0 Å². The molecule has 176 valence electrons. The maximum atomic E-state index is 12.5. The van der Waals surface area contributed by atoms with Gasteiger partial charge in [0, 0.05) is 48.3 Å². The number of piperidine rings is 1. The van der Waals surface area contributed by atoms with Crippen molar-refractivity contribution in [2.24, 2.45) is 5.92 Å². The third-order valence-electron chi connectivity index (χ3n) is 6.20. The van der Waals surface area contributed by atoms with Crippen LogP contribution in [0, 0.1) is 5.92 Å². The summed E-state index contributed by atoms with van der Waals surface area (Å²) in [6.07, 6.45) is 1.08. The van der Waals surface area contributed by atoms with Gasteiger partial charge in [-0.15, -0.1) is 11.3 Å². The first-order valence-electron chi connectivity index (χ1n) is 11.0. The number of ether oxygens (including phenoxy) is 1. The lowest BCUT2D eigenvalue weighted by Crippen LogP contribution is -2.48. The van der Waals surface area contributed by atoms with Gasteiger partial charge in [0.05, 0.1) is 18.6 Å². The molecule has 0 unspecified atom stereocenters. The molecular weight excluding hydrogens is 488 g/mol. The van der Waals surface area contributed by atoms with Crippen molar-refractivity contribution in [2.75, 3.05) is 31.3 Å². The van der Waals surface area contributed by atoms with Crippen LogP contribution in [-0.4, -0.2) is 50.6 Å². The summed E-state index contributed by atoms with van der Waals surface area (Å²) >= 11 is 8.44. The summed E-state index contributed by atoms with van der Waals surface area (Å²) < 4.78 is 7.83. The van der Waals surface area contributed by atoms with Crippen molar-refractivity contribution in [3.8, 4) is 17.0 Å². The highest BCUT2D eigenvalue weighted by Gasteiger charge is 2.35. The number of hydrogen-bond donors (Lipinski definition) is 1. The second kappa shape index (κ2) is 9.89. The van der Waals surface area contributed by atoms with Gasteiger partial charge in [0.25, 0.3) is 5.56 Å². The number of carbonyl (C=O) groups excluding carboxylic acids is 1. The molecule has 2 aromatic heterocycles. The number of fused-ring (bicyclic) bond motifs is 4. The molecular formula is C24H24N4O3S3. The Balaban J connectivity index is 1.15. The Morgan fingerprint density at radius 3 is 2.85 bits per heavy atom. The van der Waals surface area contributed by atoms with E-state index in [9.17, 15) is 9.59 Å². The van der Waals surface area contributed by atoms with Crippen LogP contribution in [-0.2, 0) is 11.3 Å². The number of likely N-dealkylation sites (tertiary alicyclic amines) is 1. The lowest BCUT2D eigenvalue weighted by atomic mass is 9.83. The summed E-state index contributed by atoms with van der Waals surface area (Å²) in [4.78, 5) is 31.5. The molecule has 0 saturated carbocycles. The first-order valence-corrected chi connectivity index (χ1v) is 13.3. The zero-order valence-corrected chi connectivity index (χ0v) is 21.0. The zero-order chi connectivity index (χ0) is 23.7. The third-order valence-corrected chi connectivity index (χ3v) is 8.48. The summed E-state index contributed by atoms with van der Waals surface area (Å²) in [5, 5.41) is 5.37. The number of thioether (sulfide) groups is 1. The van der Waals surface area contributed by atoms with E-state index in [0.29, 0.717) is 17.0 Å². The largest absolute Gasteiger partial charge is 0.497 e. The minimum absolute atomic E-state index is 0.0756. The highest BCUT2D eigenvalue weighted by Crippen LogP contribution is 2.36. The van der Waals surface area contributed by atoms with Crippen molar-refractivity contribution in [1.29, 1.82) is 0 Å². The van der Waals surface area contributed by atoms with E-state index in [-0.39, 0.29) is 17.2 Å². The molecule has 5 rings (SSSR count). The number of carbonyl (C=O) groups is 1. The number of pyridine rings is 1. The Morgan fingerprint density at radius 2 is 2.06 bits per heavy atom. The van der Waals surface area contributed by atoms with Gasteiger partial charge in [0.15, 0.2) is 5.13 Å². The van der Waals surface area contributed by atoms with Crippen molar-refractivity contribution in [2.45, 2.75) is 18.9 Å². The van der Waals surface area contributed by atoms with E-state index >= 15 is 0 Å². The topological polar surface area (TPSA) is 76.5 Å². The van der Waals surface area contributed by atoms with Gasteiger partial charge in [-0.05, 0) is 42.7 Å². The molecule has 2 bridgehead atoms. The summed E-state index contributed by atoms with van der Waals surface area (Å²) in [7, 11) is 1.63. The second-order valence-electron chi connectivity index (χ2n) is 8.47. The Bertz CT molecular complexity index is 1270. The Labute approximate surface area is 211 Å². The fourth-order valence-corrected chi connectivity index (χ4v) is 6.37. The van der Waals surface area contributed by atoms with Crippen LogP contribution in [0.25, 0.3) is 11.3 Å². The fraction of sp³-hybridized carbons (Fsp3) is 0.333. The van der Waals surface area contributed by atoms with Gasteiger partial charge in [0.2, 0.25) is 5.91 Å². The van der Waals surface area contributed by atoms with Crippen LogP contribution in [0.5, 0.6) is 5.75 Å². The summed E-state index contributed by atoms with van der Waals surface area (Å²) in [5.74, 6) is 1.58. The van der Waals surface area contributed by atoms with Crippen molar-refractivity contribution in [3.63, 3.8) is 0 Å².